The Hall–Kier alpha value is -2.52. The molecule has 0 fully saturated rings. The lowest BCUT2D eigenvalue weighted by molar-refractivity contribution is -0.00655. The highest BCUT2D eigenvalue weighted by molar-refractivity contribution is 7.89. The van der Waals surface area contributed by atoms with E-state index in [9.17, 15) is 17.9 Å². The number of halogens is 1. The van der Waals surface area contributed by atoms with Crippen LogP contribution in [-0.2, 0) is 14.8 Å². The van der Waals surface area contributed by atoms with E-state index in [2.05, 4.69) is 6.92 Å². The number of ether oxygens (including phenoxy) is 1. The zero-order valence-electron chi connectivity index (χ0n) is 17.6. The number of hydrogen-bond donors (Lipinski definition) is 2. The molecule has 0 bridgehead atoms. The fourth-order valence-electron chi connectivity index (χ4n) is 3.57. The van der Waals surface area contributed by atoms with Crippen LogP contribution in [0.25, 0.3) is 5.70 Å². The molecule has 3 N–H and O–H groups in total. The van der Waals surface area contributed by atoms with Gasteiger partial charge in [0.1, 0.15) is 5.82 Å². The first kappa shape index (κ1) is 23.1. The summed E-state index contributed by atoms with van der Waals surface area (Å²) < 4.78 is 43.2. The zero-order valence-corrected chi connectivity index (χ0v) is 18.4. The first-order valence-corrected chi connectivity index (χ1v) is 11.6. The number of allylic oxidation sites excluding steroid dienone is 2. The van der Waals surface area contributed by atoms with E-state index in [0.29, 0.717) is 17.9 Å². The van der Waals surface area contributed by atoms with E-state index in [1.54, 1.807) is 30.3 Å². The minimum Gasteiger partial charge on any atom is -0.392 e. The molecule has 0 aromatic heterocycles. The third kappa shape index (κ3) is 4.88. The number of aliphatic hydroxyl groups excluding tert-OH is 1. The fourth-order valence-corrected chi connectivity index (χ4v) is 4.09. The highest BCUT2D eigenvalue weighted by Gasteiger charge is 2.41. The van der Waals surface area contributed by atoms with Crippen LogP contribution >= 0.6 is 0 Å². The highest BCUT2D eigenvalue weighted by atomic mass is 32.2. The summed E-state index contributed by atoms with van der Waals surface area (Å²) in [6, 6.07) is 12.2. The molecule has 166 valence electrons. The average molecular weight is 447 g/mol. The van der Waals surface area contributed by atoms with Crippen molar-refractivity contribution >= 4 is 21.4 Å². The molecule has 1 unspecified atom stereocenters. The van der Waals surface area contributed by atoms with Crippen LogP contribution in [0.3, 0.4) is 0 Å². The molecule has 31 heavy (non-hydrogen) atoms. The van der Waals surface area contributed by atoms with E-state index in [4.69, 9.17) is 9.88 Å². The van der Waals surface area contributed by atoms with Crippen LogP contribution in [0.1, 0.15) is 32.3 Å². The van der Waals surface area contributed by atoms with E-state index in [0.717, 1.165) is 24.1 Å². The van der Waals surface area contributed by atoms with Gasteiger partial charge >= 0.3 is 0 Å². The van der Waals surface area contributed by atoms with Crippen molar-refractivity contribution < 1.29 is 22.7 Å². The Morgan fingerprint density at radius 1 is 1.10 bits per heavy atom. The number of nitrogens with two attached hydrogens (primary N) is 1. The first-order valence-electron chi connectivity index (χ1n) is 10.1. The Morgan fingerprint density at radius 3 is 2.29 bits per heavy atom. The predicted molar refractivity (Wildman–Crippen MR) is 119 cm³/mol. The molecular formula is C23H27FN2O4S. The molecule has 0 saturated heterocycles. The van der Waals surface area contributed by atoms with Crippen molar-refractivity contribution in [1.29, 1.82) is 0 Å². The van der Waals surface area contributed by atoms with Gasteiger partial charge in [-0.05, 0) is 73.5 Å². The van der Waals surface area contributed by atoms with Gasteiger partial charge < -0.3 is 14.7 Å². The molecule has 0 spiro atoms. The number of nitrogens with zero attached hydrogens (tertiary/aromatic N) is 1. The largest absolute Gasteiger partial charge is 0.392 e. The van der Waals surface area contributed by atoms with Crippen LogP contribution < -0.4 is 10.0 Å². The molecule has 1 aliphatic rings. The van der Waals surface area contributed by atoms with E-state index in [-0.39, 0.29) is 17.3 Å². The minimum atomic E-state index is -3.84. The van der Waals surface area contributed by atoms with Crippen LogP contribution in [0.5, 0.6) is 0 Å². The van der Waals surface area contributed by atoms with Gasteiger partial charge in [-0.15, -0.1) is 0 Å². The van der Waals surface area contributed by atoms with Gasteiger partial charge in [0.05, 0.1) is 17.2 Å². The fraction of sp³-hybridized carbons (Fsp3) is 0.304. The number of benzene rings is 2. The molecule has 0 saturated carbocycles. The Morgan fingerprint density at radius 2 is 1.74 bits per heavy atom. The molecule has 2 aromatic carbocycles. The summed E-state index contributed by atoms with van der Waals surface area (Å²) in [4.78, 5) is 1.88. The average Bonchev–Trinajstić information content (AvgIpc) is 2.74. The lowest BCUT2D eigenvalue weighted by Gasteiger charge is -2.47. The summed E-state index contributed by atoms with van der Waals surface area (Å²) in [5, 5.41) is 15.3. The predicted octanol–water partition coefficient (Wildman–Crippen LogP) is 3.79. The summed E-state index contributed by atoms with van der Waals surface area (Å²) in [6.45, 7) is 4.16. The lowest BCUT2D eigenvalue weighted by Crippen LogP contribution is -2.51. The molecule has 1 heterocycles. The van der Waals surface area contributed by atoms with E-state index >= 15 is 0 Å². The number of hydrogen-bond acceptors (Lipinski definition) is 5. The van der Waals surface area contributed by atoms with E-state index < -0.39 is 15.7 Å². The second-order valence-corrected chi connectivity index (χ2v) is 9.03. The van der Waals surface area contributed by atoms with Crippen molar-refractivity contribution in [3.05, 3.63) is 77.6 Å². The van der Waals surface area contributed by atoms with Gasteiger partial charge in [-0.1, -0.05) is 19.4 Å². The number of primary sulfonamides is 1. The molecule has 3 rings (SSSR count). The molecule has 0 amide bonds. The molecule has 1 atom stereocenters. The van der Waals surface area contributed by atoms with E-state index in [1.807, 2.05) is 17.9 Å². The summed E-state index contributed by atoms with van der Waals surface area (Å²) in [5.74, 6) is -0.349. The topological polar surface area (TPSA) is 92.9 Å². The van der Waals surface area contributed by atoms with Crippen molar-refractivity contribution in [2.24, 2.45) is 5.14 Å². The third-order valence-electron chi connectivity index (χ3n) is 5.32. The second kappa shape index (κ2) is 9.32. The Labute approximate surface area is 182 Å². The van der Waals surface area contributed by atoms with Crippen LogP contribution in [-0.4, -0.2) is 32.5 Å². The smallest absolute Gasteiger partial charge is 0.238 e. The number of aliphatic hydroxyl groups is 1. The highest BCUT2D eigenvalue weighted by Crippen LogP contribution is 2.41. The Balaban J connectivity index is 2.15. The van der Waals surface area contributed by atoms with Crippen molar-refractivity contribution in [3.8, 4) is 0 Å². The molecule has 6 nitrogen and oxygen atoms in total. The SMILES string of the molecule is CCCCOC1(C)C(CO)=CC=C(c2ccc(F)cc2)N1c1ccc(S(N)(=O)=O)cc1. The maximum Gasteiger partial charge on any atom is 0.238 e. The van der Waals surface area contributed by atoms with Crippen molar-refractivity contribution in [1.82, 2.24) is 0 Å². The standard InChI is InChI=1S/C23H27FN2O4S/c1-3-4-15-30-23(2)18(16-27)7-14-22(17-5-8-19(24)9-6-17)26(23)20-10-12-21(13-11-20)31(25,28)29/h5-14,27H,3-4,15-16H2,1-2H3,(H2,25,28,29). The van der Waals surface area contributed by atoms with Gasteiger partial charge in [0, 0.05) is 17.9 Å². The van der Waals surface area contributed by atoms with Crippen molar-refractivity contribution in [3.63, 3.8) is 0 Å². The minimum absolute atomic E-state index is 0.00732. The maximum atomic E-state index is 13.5. The van der Waals surface area contributed by atoms with Gasteiger partial charge in [0.2, 0.25) is 10.0 Å². The van der Waals surface area contributed by atoms with Crippen molar-refractivity contribution in [2.45, 2.75) is 37.3 Å². The van der Waals surface area contributed by atoms with Gasteiger partial charge in [0.15, 0.2) is 5.72 Å². The molecule has 8 heteroatoms. The summed E-state index contributed by atoms with van der Waals surface area (Å²) >= 11 is 0. The number of anilines is 1. The summed E-state index contributed by atoms with van der Waals surface area (Å²) in [7, 11) is -3.84. The Kier molecular flexibility index (Phi) is 6.96. The maximum absolute atomic E-state index is 13.5. The van der Waals surface area contributed by atoms with Gasteiger partial charge in [-0.2, -0.15) is 0 Å². The molecular weight excluding hydrogens is 419 g/mol. The second-order valence-electron chi connectivity index (χ2n) is 7.47. The Bertz CT molecular complexity index is 1080. The zero-order chi connectivity index (χ0) is 22.6. The third-order valence-corrected chi connectivity index (χ3v) is 6.25. The molecule has 2 aromatic rings. The molecule has 1 aliphatic heterocycles. The van der Waals surface area contributed by atoms with Crippen LogP contribution in [0, 0.1) is 5.82 Å². The quantitative estimate of drug-likeness (QED) is 0.602. The van der Waals surface area contributed by atoms with Crippen LogP contribution in [0.2, 0.25) is 0 Å². The number of unbranched alkanes of at least 4 members (excludes halogenated alkanes) is 1. The van der Waals surface area contributed by atoms with Gasteiger partial charge in [-0.25, -0.2) is 17.9 Å². The van der Waals surface area contributed by atoms with Crippen LogP contribution in [0.15, 0.2) is 71.2 Å². The van der Waals surface area contributed by atoms with E-state index in [1.165, 1.54) is 24.3 Å². The summed E-state index contributed by atoms with van der Waals surface area (Å²) in [6.07, 6.45) is 5.41. The lowest BCUT2D eigenvalue weighted by atomic mass is 9.94. The first-order chi connectivity index (χ1) is 14.7. The number of sulfonamides is 1. The molecule has 0 aliphatic carbocycles. The molecule has 0 radical (unpaired) electrons. The van der Waals surface area contributed by atoms with Gasteiger partial charge in [-0.3, -0.25) is 0 Å². The van der Waals surface area contributed by atoms with Gasteiger partial charge in [0.25, 0.3) is 0 Å². The monoisotopic (exact) mass is 446 g/mol. The van der Waals surface area contributed by atoms with Crippen LogP contribution in [0.4, 0.5) is 10.1 Å². The normalized spacial score (nSPS) is 19.2. The summed E-state index contributed by atoms with van der Waals surface area (Å²) in [5.41, 5.74) is 1.71. The van der Waals surface area contributed by atoms with Crippen molar-refractivity contribution in [2.75, 3.05) is 18.1 Å². The number of rotatable bonds is 8.